The smallest absolute Gasteiger partial charge is 0.229 e. The van der Waals surface area contributed by atoms with Gasteiger partial charge in [-0.15, -0.1) is 12.4 Å². The minimum atomic E-state index is -0.247. The minimum absolute atomic E-state index is 0. The van der Waals surface area contributed by atoms with E-state index in [1.807, 2.05) is 6.07 Å². The van der Waals surface area contributed by atoms with Crippen LogP contribution in [0.2, 0.25) is 0 Å². The first kappa shape index (κ1) is 14.9. The molecular formula is C14H17ClFN3O. The maximum Gasteiger partial charge on any atom is 0.229 e. The number of halogens is 2. The Balaban J connectivity index is 0.00000147. The molecule has 2 N–H and O–H groups in total. The van der Waals surface area contributed by atoms with E-state index in [1.165, 1.54) is 12.1 Å². The Morgan fingerprint density at radius 1 is 1.35 bits per heavy atom. The average Bonchev–Trinajstić information content (AvgIpc) is 2.98. The predicted molar refractivity (Wildman–Crippen MR) is 75.3 cm³/mol. The van der Waals surface area contributed by atoms with Crippen molar-refractivity contribution in [1.82, 2.24) is 10.1 Å². The van der Waals surface area contributed by atoms with Gasteiger partial charge in [0, 0.05) is 18.4 Å². The molecule has 0 amide bonds. The number of hydrogen-bond donors (Lipinski definition) is 1. The van der Waals surface area contributed by atoms with Gasteiger partial charge in [0.15, 0.2) is 5.82 Å². The predicted octanol–water partition coefficient (Wildman–Crippen LogP) is 2.82. The normalized spacial score (nSPS) is 21.7. The van der Waals surface area contributed by atoms with Crippen LogP contribution in [0.15, 0.2) is 28.8 Å². The lowest BCUT2D eigenvalue weighted by Crippen LogP contribution is -2.14. The van der Waals surface area contributed by atoms with E-state index in [0.29, 0.717) is 18.1 Å². The third-order valence-corrected chi connectivity index (χ3v) is 3.56. The zero-order valence-corrected chi connectivity index (χ0v) is 11.8. The molecule has 1 aromatic carbocycles. The van der Waals surface area contributed by atoms with Crippen LogP contribution < -0.4 is 5.73 Å². The Kier molecular flexibility index (Phi) is 4.73. The number of rotatable bonds is 3. The van der Waals surface area contributed by atoms with Gasteiger partial charge in [-0.3, -0.25) is 0 Å². The second kappa shape index (κ2) is 6.33. The molecule has 20 heavy (non-hydrogen) atoms. The second-order valence-corrected chi connectivity index (χ2v) is 5.13. The third kappa shape index (κ3) is 3.35. The molecule has 6 heteroatoms. The first-order chi connectivity index (χ1) is 9.20. The van der Waals surface area contributed by atoms with Crippen LogP contribution >= 0.6 is 12.4 Å². The molecule has 1 heterocycles. The first-order valence-electron chi connectivity index (χ1n) is 6.53. The Hall–Kier alpha value is -1.46. The summed E-state index contributed by atoms with van der Waals surface area (Å²) in [6, 6.07) is 6.68. The van der Waals surface area contributed by atoms with Crippen molar-refractivity contribution in [3.63, 3.8) is 0 Å². The summed E-state index contributed by atoms with van der Waals surface area (Å²) in [4.78, 5) is 4.40. The zero-order valence-electron chi connectivity index (χ0n) is 11.0. The van der Waals surface area contributed by atoms with E-state index in [-0.39, 0.29) is 30.2 Å². The van der Waals surface area contributed by atoms with Gasteiger partial charge in [-0.2, -0.15) is 4.98 Å². The molecule has 1 aliphatic rings. The van der Waals surface area contributed by atoms with Crippen LogP contribution in [-0.2, 0) is 6.42 Å². The summed E-state index contributed by atoms with van der Waals surface area (Å²) in [5, 5.41) is 3.96. The van der Waals surface area contributed by atoms with Crippen molar-refractivity contribution in [2.45, 2.75) is 37.6 Å². The third-order valence-electron chi connectivity index (χ3n) is 3.56. The van der Waals surface area contributed by atoms with Gasteiger partial charge in [-0.05, 0) is 37.0 Å². The van der Waals surface area contributed by atoms with Gasteiger partial charge >= 0.3 is 0 Å². The van der Waals surface area contributed by atoms with E-state index in [2.05, 4.69) is 10.1 Å². The summed E-state index contributed by atoms with van der Waals surface area (Å²) < 4.78 is 18.4. The molecule has 0 saturated heterocycles. The molecule has 1 saturated carbocycles. The average molecular weight is 298 g/mol. The number of nitrogens with two attached hydrogens (primary N) is 1. The fourth-order valence-electron chi connectivity index (χ4n) is 2.58. The molecule has 3 rings (SSSR count). The van der Waals surface area contributed by atoms with Gasteiger partial charge in [0.1, 0.15) is 5.82 Å². The maximum absolute atomic E-state index is 13.1. The summed E-state index contributed by atoms with van der Waals surface area (Å²) in [6.07, 6.45) is 3.40. The van der Waals surface area contributed by atoms with Crippen molar-refractivity contribution in [2.75, 3.05) is 0 Å². The lowest BCUT2D eigenvalue weighted by Gasteiger charge is -2.01. The van der Waals surface area contributed by atoms with E-state index in [9.17, 15) is 4.39 Å². The Bertz CT molecular complexity index is 575. The van der Waals surface area contributed by atoms with Gasteiger partial charge in [0.05, 0.1) is 0 Å². The highest BCUT2D eigenvalue weighted by Crippen LogP contribution is 2.32. The van der Waals surface area contributed by atoms with E-state index < -0.39 is 0 Å². The highest BCUT2D eigenvalue weighted by molar-refractivity contribution is 5.85. The van der Waals surface area contributed by atoms with Crippen molar-refractivity contribution in [1.29, 1.82) is 0 Å². The molecule has 0 bridgehead atoms. The van der Waals surface area contributed by atoms with Crippen molar-refractivity contribution < 1.29 is 8.91 Å². The van der Waals surface area contributed by atoms with E-state index in [1.54, 1.807) is 6.07 Å². The van der Waals surface area contributed by atoms with Crippen LogP contribution in [0.3, 0.4) is 0 Å². The Morgan fingerprint density at radius 3 is 2.90 bits per heavy atom. The SMILES string of the molecule is Cl.NC1CCC(c2nc(Cc3cccc(F)c3)no2)C1. The fourth-order valence-corrected chi connectivity index (χ4v) is 2.58. The van der Waals surface area contributed by atoms with Gasteiger partial charge in [-0.1, -0.05) is 17.3 Å². The molecule has 4 nitrogen and oxygen atoms in total. The lowest BCUT2D eigenvalue weighted by atomic mass is 10.1. The summed E-state index contributed by atoms with van der Waals surface area (Å²) in [7, 11) is 0. The number of benzene rings is 1. The standard InChI is InChI=1S/C14H16FN3O.ClH/c15-11-3-1-2-9(6-11)7-13-17-14(19-18-13)10-4-5-12(16)8-10;/h1-3,6,10,12H,4-5,7-8,16H2;1H. The minimum Gasteiger partial charge on any atom is -0.339 e. The van der Waals surface area contributed by atoms with Gasteiger partial charge in [0.2, 0.25) is 5.89 Å². The Labute approximate surface area is 123 Å². The van der Waals surface area contributed by atoms with Crippen molar-refractivity contribution in [2.24, 2.45) is 5.73 Å². The summed E-state index contributed by atoms with van der Waals surface area (Å²) in [5.74, 6) is 1.30. The van der Waals surface area contributed by atoms with Gasteiger partial charge in [-0.25, -0.2) is 4.39 Å². The molecule has 1 fully saturated rings. The summed E-state index contributed by atoms with van der Waals surface area (Å²) >= 11 is 0. The largest absolute Gasteiger partial charge is 0.339 e. The highest BCUT2D eigenvalue weighted by Gasteiger charge is 2.27. The quantitative estimate of drug-likeness (QED) is 0.946. The van der Waals surface area contributed by atoms with E-state index >= 15 is 0 Å². The zero-order chi connectivity index (χ0) is 13.2. The Morgan fingerprint density at radius 2 is 2.20 bits per heavy atom. The molecule has 0 spiro atoms. The molecule has 2 unspecified atom stereocenters. The number of nitrogens with zero attached hydrogens (tertiary/aromatic N) is 2. The van der Waals surface area contributed by atoms with Crippen LogP contribution in [0.4, 0.5) is 4.39 Å². The van der Waals surface area contributed by atoms with Crippen LogP contribution in [0, 0.1) is 5.82 Å². The highest BCUT2D eigenvalue weighted by atomic mass is 35.5. The van der Waals surface area contributed by atoms with Crippen LogP contribution in [0.25, 0.3) is 0 Å². The molecule has 2 aromatic rings. The van der Waals surface area contributed by atoms with Crippen LogP contribution in [-0.4, -0.2) is 16.2 Å². The first-order valence-corrected chi connectivity index (χ1v) is 6.53. The van der Waals surface area contributed by atoms with Crippen molar-refractivity contribution in [3.8, 4) is 0 Å². The summed E-state index contributed by atoms with van der Waals surface area (Å²) in [6.45, 7) is 0. The maximum atomic E-state index is 13.1. The fraction of sp³-hybridized carbons (Fsp3) is 0.429. The molecule has 1 aromatic heterocycles. The topological polar surface area (TPSA) is 64.9 Å². The number of aromatic nitrogens is 2. The van der Waals surface area contributed by atoms with Gasteiger partial charge < -0.3 is 10.3 Å². The van der Waals surface area contributed by atoms with E-state index in [4.69, 9.17) is 10.3 Å². The van der Waals surface area contributed by atoms with E-state index in [0.717, 1.165) is 24.8 Å². The second-order valence-electron chi connectivity index (χ2n) is 5.13. The van der Waals surface area contributed by atoms with Crippen molar-refractivity contribution >= 4 is 12.4 Å². The molecule has 0 aliphatic heterocycles. The summed E-state index contributed by atoms with van der Waals surface area (Å²) in [5.41, 5.74) is 6.72. The molecule has 0 radical (unpaired) electrons. The monoisotopic (exact) mass is 297 g/mol. The molecule has 1 aliphatic carbocycles. The van der Waals surface area contributed by atoms with Gasteiger partial charge in [0.25, 0.3) is 0 Å². The van der Waals surface area contributed by atoms with Crippen LogP contribution in [0.1, 0.15) is 42.5 Å². The number of hydrogen-bond acceptors (Lipinski definition) is 4. The lowest BCUT2D eigenvalue weighted by molar-refractivity contribution is 0.350. The van der Waals surface area contributed by atoms with Crippen molar-refractivity contribution in [3.05, 3.63) is 47.4 Å². The molecule has 2 atom stereocenters. The molecule has 108 valence electrons. The molecular weight excluding hydrogens is 281 g/mol. The van der Waals surface area contributed by atoms with Crippen LogP contribution in [0.5, 0.6) is 0 Å².